The molecule has 0 atom stereocenters. The molecule has 0 spiro atoms. The van der Waals surface area contributed by atoms with E-state index in [4.69, 9.17) is 9.26 Å². The van der Waals surface area contributed by atoms with Crippen LogP contribution in [-0.2, 0) is 14.3 Å². The number of benzene rings is 1. The Morgan fingerprint density at radius 2 is 1.89 bits per heavy atom. The lowest BCUT2D eigenvalue weighted by molar-refractivity contribution is -0.126. The van der Waals surface area contributed by atoms with E-state index >= 15 is 0 Å². The second kappa shape index (κ2) is 9.07. The fourth-order valence-electron chi connectivity index (χ4n) is 2.24. The van der Waals surface area contributed by atoms with Crippen LogP contribution in [0.25, 0.3) is 0 Å². The number of rotatable bonds is 7. The van der Waals surface area contributed by atoms with Crippen LogP contribution in [0.15, 0.2) is 22.7 Å². The number of aromatic nitrogens is 1. The van der Waals surface area contributed by atoms with E-state index < -0.39 is 42.6 Å². The largest absolute Gasteiger partial charge is 0.452 e. The predicted octanol–water partition coefficient (Wildman–Crippen LogP) is 2.30. The van der Waals surface area contributed by atoms with Crippen molar-refractivity contribution >= 4 is 23.5 Å². The van der Waals surface area contributed by atoms with Gasteiger partial charge in [-0.2, -0.15) is 0 Å². The van der Waals surface area contributed by atoms with E-state index in [0.29, 0.717) is 11.5 Å². The number of amides is 2. The summed E-state index contributed by atoms with van der Waals surface area (Å²) >= 11 is 0. The number of ether oxygens (including phenoxy) is 1. The van der Waals surface area contributed by atoms with E-state index in [1.54, 1.807) is 6.92 Å². The molecule has 0 saturated carbocycles. The predicted molar refractivity (Wildman–Crippen MR) is 93.6 cm³/mol. The molecule has 0 aliphatic carbocycles. The molecule has 0 radical (unpaired) electrons. The molecule has 28 heavy (non-hydrogen) atoms. The second-order valence-corrected chi connectivity index (χ2v) is 6.19. The van der Waals surface area contributed by atoms with Gasteiger partial charge in [-0.15, -0.1) is 0 Å². The van der Waals surface area contributed by atoms with Gasteiger partial charge in [-0.3, -0.25) is 9.59 Å². The fraction of sp³-hybridized carbons (Fsp3) is 0.333. The molecule has 2 N–H and O–H groups in total. The highest BCUT2D eigenvalue weighted by Crippen LogP contribution is 2.22. The smallest absolute Gasteiger partial charge is 0.344 e. The van der Waals surface area contributed by atoms with Gasteiger partial charge in [0.05, 0.1) is 12.2 Å². The first-order chi connectivity index (χ1) is 13.2. The van der Waals surface area contributed by atoms with Crippen LogP contribution in [0.5, 0.6) is 0 Å². The van der Waals surface area contributed by atoms with Crippen molar-refractivity contribution in [3.63, 3.8) is 0 Å². The number of halogens is 2. The van der Waals surface area contributed by atoms with Gasteiger partial charge >= 0.3 is 5.97 Å². The summed E-state index contributed by atoms with van der Waals surface area (Å²) in [7, 11) is 0. The first-order valence-electron chi connectivity index (χ1n) is 8.34. The summed E-state index contributed by atoms with van der Waals surface area (Å²) in [6.07, 6.45) is 0. The zero-order chi connectivity index (χ0) is 20.8. The van der Waals surface area contributed by atoms with Crippen LogP contribution < -0.4 is 10.6 Å². The molecule has 1 aromatic carbocycles. The minimum atomic E-state index is -1.11. The van der Waals surface area contributed by atoms with Crippen LogP contribution in [0.4, 0.5) is 14.5 Å². The first-order valence-corrected chi connectivity index (χ1v) is 8.34. The summed E-state index contributed by atoms with van der Waals surface area (Å²) in [6, 6.07) is 2.85. The Morgan fingerprint density at radius 3 is 2.54 bits per heavy atom. The van der Waals surface area contributed by atoms with Crippen LogP contribution >= 0.6 is 0 Å². The van der Waals surface area contributed by atoms with Gasteiger partial charge in [0.15, 0.2) is 24.0 Å². The average molecular weight is 395 g/mol. The van der Waals surface area contributed by atoms with E-state index in [2.05, 4.69) is 15.8 Å². The van der Waals surface area contributed by atoms with Crippen molar-refractivity contribution in [3.8, 4) is 0 Å². The number of anilines is 1. The number of nitrogens with one attached hydrogen (secondary N) is 2. The molecule has 2 rings (SSSR count). The SMILES string of the molecule is Cc1noc(C(C)C)c1C(=O)OCC(=O)NCC(=O)Nc1ccc(F)c(F)c1. The quantitative estimate of drug-likeness (QED) is 0.696. The van der Waals surface area contributed by atoms with Gasteiger partial charge < -0.3 is 19.9 Å². The molecule has 2 amide bonds. The van der Waals surface area contributed by atoms with E-state index in [0.717, 1.165) is 12.1 Å². The number of nitrogens with zero attached hydrogens (tertiary/aromatic N) is 1. The molecule has 1 aromatic heterocycles. The van der Waals surface area contributed by atoms with Crippen molar-refractivity contribution in [1.82, 2.24) is 10.5 Å². The van der Waals surface area contributed by atoms with Gasteiger partial charge in [0, 0.05) is 17.7 Å². The Hall–Kier alpha value is -3.30. The van der Waals surface area contributed by atoms with Gasteiger partial charge in [-0.1, -0.05) is 19.0 Å². The lowest BCUT2D eigenvalue weighted by atomic mass is 10.1. The van der Waals surface area contributed by atoms with E-state index in [-0.39, 0.29) is 17.2 Å². The summed E-state index contributed by atoms with van der Waals surface area (Å²) in [5, 5.41) is 8.25. The Balaban J connectivity index is 1.81. The van der Waals surface area contributed by atoms with Crippen molar-refractivity contribution < 1.29 is 32.4 Å². The molecule has 1 heterocycles. The molecule has 2 aromatic rings. The number of hydrogen-bond acceptors (Lipinski definition) is 6. The monoisotopic (exact) mass is 395 g/mol. The normalized spacial score (nSPS) is 10.6. The zero-order valence-electron chi connectivity index (χ0n) is 15.5. The summed E-state index contributed by atoms with van der Waals surface area (Å²) in [6.45, 7) is 4.15. The van der Waals surface area contributed by atoms with Crippen molar-refractivity contribution in [3.05, 3.63) is 46.9 Å². The average Bonchev–Trinajstić information content (AvgIpc) is 3.03. The third-order valence-corrected chi connectivity index (χ3v) is 3.60. The summed E-state index contributed by atoms with van der Waals surface area (Å²) in [5.74, 6) is -4.04. The van der Waals surface area contributed by atoms with Gasteiger partial charge in [0.1, 0.15) is 5.56 Å². The molecule has 0 aliphatic rings. The highest BCUT2D eigenvalue weighted by atomic mass is 19.2. The van der Waals surface area contributed by atoms with Gasteiger partial charge in [-0.05, 0) is 19.1 Å². The number of esters is 1. The van der Waals surface area contributed by atoms with Crippen LogP contribution in [-0.4, -0.2) is 36.1 Å². The fourth-order valence-corrected chi connectivity index (χ4v) is 2.24. The minimum Gasteiger partial charge on any atom is -0.452 e. The van der Waals surface area contributed by atoms with Crippen LogP contribution in [0.2, 0.25) is 0 Å². The standard InChI is InChI=1S/C18H19F2N3O5/c1-9(2)17-16(10(3)23-28-17)18(26)27-8-15(25)21-7-14(24)22-11-4-5-12(19)13(20)6-11/h4-6,9H,7-8H2,1-3H3,(H,21,25)(H,22,24). The van der Waals surface area contributed by atoms with Crippen LogP contribution in [0.1, 0.15) is 41.6 Å². The summed E-state index contributed by atoms with van der Waals surface area (Å²) in [5.41, 5.74) is 0.549. The van der Waals surface area contributed by atoms with Crippen LogP contribution in [0.3, 0.4) is 0 Å². The Morgan fingerprint density at radius 1 is 1.18 bits per heavy atom. The topological polar surface area (TPSA) is 111 Å². The number of carbonyl (C=O) groups excluding carboxylic acids is 3. The Labute approximate surface area is 159 Å². The Bertz CT molecular complexity index is 895. The van der Waals surface area contributed by atoms with Gasteiger partial charge in [0.2, 0.25) is 5.91 Å². The second-order valence-electron chi connectivity index (χ2n) is 6.19. The molecule has 0 bridgehead atoms. The molecular weight excluding hydrogens is 376 g/mol. The first kappa shape index (κ1) is 21.0. The lowest BCUT2D eigenvalue weighted by Gasteiger charge is -2.08. The molecule has 0 fully saturated rings. The summed E-state index contributed by atoms with van der Waals surface area (Å²) in [4.78, 5) is 35.6. The third kappa shape index (κ3) is 5.35. The third-order valence-electron chi connectivity index (χ3n) is 3.60. The van der Waals surface area contributed by atoms with Crippen molar-refractivity contribution in [1.29, 1.82) is 0 Å². The molecule has 0 unspecified atom stereocenters. The lowest BCUT2D eigenvalue weighted by Crippen LogP contribution is -2.35. The Kier molecular flexibility index (Phi) is 6.80. The highest BCUT2D eigenvalue weighted by molar-refractivity contribution is 5.96. The van der Waals surface area contributed by atoms with E-state index in [9.17, 15) is 23.2 Å². The zero-order valence-corrected chi connectivity index (χ0v) is 15.5. The molecular formula is C18H19F2N3O5. The maximum absolute atomic E-state index is 13.1. The molecule has 10 heteroatoms. The molecule has 0 aliphatic heterocycles. The number of hydrogen-bond donors (Lipinski definition) is 2. The summed E-state index contributed by atoms with van der Waals surface area (Å²) < 4.78 is 35.9. The highest BCUT2D eigenvalue weighted by Gasteiger charge is 2.24. The maximum atomic E-state index is 13.1. The molecule has 8 nitrogen and oxygen atoms in total. The van der Waals surface area contributed by atoms with Gasteiger partial charge in [0.25, 0.3) is 5.91 Å². The number of carbonyl (C=O) groups is 3. The minimum absolute atomic E-state index is 0.0359. The van der Waals surface area contributed by atoms with Crippen molar-refractivity contribution in [2.75, 3.05) is 18.5 Å². The van der Waals surface area contributed by atoms with E-state index in [1.807, 2.05) is 13.8 Å². The van der Waals surface area contributed by atoms with Crippen molar-refractivity contribution in [2.24, 2.45) is 0 Å². The van der Waals surface area contributed by atoms with E-state index in [1.165, 1.54) is 6.07 Å². The molecule has 150 valence electrons. The van der Waals surface area contributed by atoms with Crippen molar-refractivity contribution in [2.45, 2.75) is 26.7 Å². The maximum Gasteiger partial charge on any atom is 0.344 e. The van der Waals surface area contributed by atoms with Crippen LogP contribution in [0, 0.1) is 18.6 Å². The number of aryl methyl sites for hydroxylation is 1. The molecule has 0 saturated heterocycles. The van der Waals surface area contributed by atoms with Gasteiger partial charge in [-0.25, -0.2) is 13.6 Å².